The summed E-state index contributed by atoms with van der Waals surface area (Å²) in [5.74, 6) is -2.72. The Kier molecular flexibility index (Phi) is 5.48. The smallest absolute Gasteiger partial charge is 0.404 e. The fourth-order valence-corrected chi connectivity index (χ4v) is 5.36. The lowest BCUT2D eigenvalue weighted by Crippen LogP contribution is -2.78. The lowest BCUT2D eigenvalue weighted by molar-refractivity contribution is -0.187. The van der Waals surface area contributed by atoms with Crippen molar-refractivity contribution in [1.82, 2.24) is 4.90 Å². The molecule has 3 atom stereocenters. The van der Waals surface area contributed by atoms with Crippen LogP contribution >= 0.6 is 23.1 Å². The van der Waals surface area contributed by atoms with Gasteiger partial charge in [0.15, 0.2) is 5.78 Å². The molecule has 2 amide bonds. The van der Waals surface area contributed by atoms with Gasteiger partial charge in [0.1, 0.15) is 17.7 Å². The first-order valence-electron chi connectivity index (χ1n) is 7.98. The Labute approximate surface area is 167 Å². The van der Waals surface area contributed by atoms with Gasteiger partial charge in [0.2, 0.25) is 5.60 Å². The maximum Gasteiger partial charge on any atom is 0.404 e. The van der Waals surface area contributed by atoms with Crippen LogP contribution in [0.1, 0.15) is 4.88 Å². The minimum atomic E-state index is -1.83. The van der Waals surface area contributed by atoms with Gasteiger partial charge in [-0.3, -0.25) is 14.5 Å². The Balaban J connectivity index is 1.95. The summed E-state index contributed by atoms with van der Waals surface area (Å²) in [5, 5.41) is 9.52. The number of primary amides is 1. The second-order valence-corrected chi connectivity index (χ2v) is 8.25. The molecule has 0 aromatic carbocycles. The zero-order chi connectivity index (χ0) is 20.6. The van der Waals surface area contributed by atoms with E-state index in [1.54, 1.807) is 17.5 Å². The summed E-state index contributed by atoms with van der Waals surface area (Å²) in [6.07, 6.45) is -1.13. The number of carbonyl (C=O) groups excluding carboxylic acids is 3. The average Bonchev–Trinajstić information content (AvgIpc) is 3.13. The molecule has 10 nitrogen and oxygen atoms in total. The van der Waals surface area contributed by atoms with Crippen molar-refractivity contribution in [3.8, 4) is 0 Å². The topological polar surface area (TPSA) is 162 Å². The third kappa shape index (κ3) is 3.07. The molecule has 1 saturated heterocycles. The van der Waals surface area contributed by atoms with Crippen molar-refractivity contribution in [2.45, 2.75) is 22.8 Å². The van der Waals surface area contributed by atoms with E-state index >= 15 is 0 Å². The summed E-state index contributed by atoms with van der Waals surface area (Å²) in [7, 11) is 1.23. The number of nitrogens with zero attached hydrogens (tertiary/aromatic N) is 1. The fraction of sp³-hybridized carbons (Fsp3) is 0.375. The van der Waals surface area contributed by atoms with Gasteiger partial charge in [-0.05, 0) is 11.4 Å². The number of rotatable bonds is 7. The number of Topliss-reactive ketones (excluding diaryl/α,β-unsaturated/α-hetero) is 1. The third-order valence-electron chi connectivity index (χ3n) is 4.51. The van der Waals surface area contributed by atoms with Crippen LogP contribution in [0.5, 0.6) is 0 Å². The molecule has 1 aromatic rings. The largest absolute Gasteiger partial charge is 0.477 e. The first-order valence-corrected chi connectivity index (χ1v) is 9.80. The number of carboxylic acid groups (broad SMARTS) is 1. The number of hydrogen-bond acceptors (Lipinski definition) is 9. The molecule has 5 N–H and O–H groups in total. The minimum absolute atomic E-state index is 0.0105. The number of nitrogens with two attached hydrogens (primary N) is 2. The highest BCUT2D eigenvalue weighted by Crippen LogP contribution is 2.50. The van der Waals surface area contributed by atoms with E-state index in [1.165, 1.54) is 18.4 Å². The molecule has 1 unspecified atom stereocenters. The average molecular weight is 427 g/mol. The fourth-order valence-electron chi connectivity index (χ4n) is 3.19. The molecule has 3 rings (SSSR count). The first-order chi connectivity index (χ1) is 13.2. The van der Waals surface area contributed by atoms with E-state index in [9.17, 15) is 24.3 Å². The van der Waals surface area contributed by atoms with E-state index in [-0.39, 0.29) is 12.0 Å². The normalized spacial score (nSPS) is 26.5. The second kappa shape index (κ2) is 7.54. The Morgan fingerprint density at radius 2 is 2.11 bits per heavy atom. The number of carboxylic acids is 1. The van der Waals surface area contributed by atoms with Crippen LogP contribution < -0.4 is 11.5 Å². The van der Waals surface area contributed by atoms with Crippen LogP contribution in [0.2, 0.25) is 0 Å². The van der Waals surface area contributed by atoms with E-state index in [4.69, 9.17) is 16.2 Å². The Morgan fingerprint density at radius 3 is 2.64 bits per heavy atom. The number of ketones is 1. The zero-order valence-electron chi connectivity index (χ0n) is 14.6. The van der Waals surface area contributed by atoms with Crippen molar-refractivity contribution >= 4 is 46.9 Å². The van der Waals surface area contributed by atoms with Crippen LogP contribution in [0, 0.1) is 0 Å². The number of methoxy groups -OCH3 is 1. The highest BCUT2D eigenvalue weighted by atomic mass is 32.2. The Bertz CT molecular complexity index is 870. The van der Waals surface area contributed by atoms with Gasteiger partial charge in [-0.2, -0.15) is 0 Å². The molecular weight excluding hydrogens is 410 g/mol. The number of amides is 2. The molecular formula is C16H17N3O7S2. The van der Waals surface area contributed by atoms with Gasteiger partial charge in [-0.25, -0.2) is 9.59 Å². The Hall–Kier alpha value is -2.41. The first kappa shape index (κ1) is 20.3. The molecule has 12 heteroatoms. The number of ether oxygens (including phenoxy) is 2. The molecule has 1 aromatic heterocycles. The summed E-state index contributed by atoms with van der Waals surface area (Å²) in [6, 6.07) is 3.54. The standard InChI is InChI=1S/C16H17N3O7S2/c1-25-16(9(20)5-7-3-2-4-27-7)13(23)19-10(12(21)22)8(6-26-15(18)24)11(17)28-14(16)19/h2-4,11,14H,5-6,17H2,1H3,(H2,18,24)(H,21,22)/t11-,14-,16?/m1/s1. The van der Waals surface area contributed by atoms with Gasteiger partial charge in [0.25, 0.3) is 5.91 Å². The number of thioether (sulfide) groups is 1. The number of carbonyl (C=O) groups is 4. The quantitative estimate of drug-likeness (QED) is 0.398. The predicted molar refractivity (Wildman–Crippen MR) is 99.2 cm³/mol. The molecule has 0 bridgehead atoms. The van der Waals surface area contributed by atoms with Crippen LogP contribution in [0.25, 0.3) is 0 Å². The van der Waals surface area contributed by atoms with Crippen LogP contribution in [0.15, 0.2) is 28.8 Å². The van der Waals surface area contributed by atoms with Crippen LogP contribution in [0.4, 0.5) is 4.79 Å². The minimum Gasteiger partial charge on any atom is -0.477 e. The third-order valence-corrected chi connectivity index (χ3v) is 6.76. The van der Waals surface area contributed by atoms with Crippen molar-refractivity contribution in [2.24, 2.45) is 11.5 Å². The predicted octanol–water partition coefficient (Wildman–Crippen LogP) is -0.121. The molecule has 0 spiro atoms. The van der Waals surface area contributed by atoms with Crippen LogP contribution in [0.3, 0.4) is 0 Å². The monoisotopic (exact) mass is 427 g/mol. The van der Waals surface area contributed by atoms with Crippen molar-refractivity contribution in [3.05, 3.63) is 33.7 Å². The molecule has 2 aliphatic heterocycles. The number of thiophene rings is 1. The van der Waals surface area contributed by atoms with Crippen molar-refractivity contribution in [2.75, 3.05) is 13.7 Å². The van der Waals surface area contributed by atoms with Crippen molar-refractivity contribution in [3.63, 3.8) is 0 Å². The van der Waals surface area contributed by atoms with Crippen molar-refractivity contribution in [1.29, 1.82) is 0 Å². The Morgan fingerprint density at radius 1 is 1.39 bits per heavy atom. The van der Waals surface area contributed by atoms with E-state index in [2.05, 4.69) is 4.74 Å². The number of aliphatic carboxylic acids is 1. The molecule has 28 heavy (non-hydrogen) atoms. The zero-order valence-corrected chi connectivity index (χ0v) is 16.2. The van der Waals surface area contributed by atoms with E-state index in [0.29, 0.717) is 0 Å². The summed E-state index contributed by atoms with van der Waals surface area (Å²) >= 11 is 2.34. The summed E-state index contributed by atoms with van der Waals surface area (Å²) in [5.41, 5.74) is 8.72. The second-order valence-electron chi connectivity index (χ2n) is 5.99. The molecule has 1 fully saturated rings. The maximum atomic E-state index is 12.9. The van der Waals surface area contributed by atoms with E-state index in [0.717, 1.165) is 21.5 Å². The molecule has 150 valence electrons. The van der Waals surface area contributed by atoms with Gasteiger partial charge < -0.3 is 26.0 Å². The van der Waals surface area contributed by atoms with Crippen molar-refractivity contribution < 1.29 is 33.8 Å². The summed E-state index contributed by atoms with van der Waals surface area (Å²) in [6.45, 7) is -0.481. The van der Waals surface area contributed by atoms with Gasteiger partial charge in [0.05, 0.1) is 5.37 Å². The van der Waals surface area contributed by atoms with Crippen LogP contribution in [-0.2, 0) is 30.3 Å². The highest BCUT2D eigenvalue weighted by Gasteiger charge is 2.70. The number of fused-ring (bicyclic) bond motifs is 1. The summed E-state index contributed by atoms with van der Waals surface area (Å²) in [4.78, 5) is 50.2. The highest BCUT2D eigenvalue weighted by molar-refractivity contribution is 8.01. The van der Waals surface area contributed by atoms with Gasteiger partial charge >= 0.3 is 12.1 Å². The molecule has 0 aliphatic carbocycles. The molecule has 0 saturated carbocycles. The SMILES string of the molecule is COC1(C(=O)Cc2cccs2)C(=O)N2C(C(=O)O)=C(COC(N)=O)[C@H](N)S[C@@H]21. The maximum absolute atomic E-state index is 12.9. The molecule has 2 aliphatic rings. The van der Waals surface area contributed by atoms with E-state index in [1.807, 2.05) is 0 Å². The van der Waals surface area contributed by atoms with Gasteiger partial charge in [-0.1, -0.05) is 6.07 Å². The van der Waals surface area contributed by atoms with E-state index < -0.39 is 52.4 Å². The van der Waals surface area contributed by atoms with Crippen LogP contribution in [-0.4, -0.2) is 63.8 Å². The number of β-lactam (4-membered cyclic amide) rings is 1. The molecule has 3 heterocycles. The number of hydrogen-bond donors (Lipinski definition) is 3. The lowest BCUT2D eigenvalue weighted by atomic mass is 9.84. The lowest BCUT2D eigenvalue weighted by Gasteiger charge is -2.56. The summed E-state index contributed by atoms with van der Waals surface area (Å²) < 4.78 is 10.0. The van der Waals surface area contributed by atoms with Gasteiger partial charge in [-0.15, -0.1) is 23.1 Å². The molecule has 0 radical (unpaired) electrons. The van der Waals surface area contributed by atoms with Gasteiger partial charge in [0, 0.05) is 24.0 Å².